The van der Waals surface area contributed by atoms with Crippen LogP contribution in [0.25, 0.3) is 0 Å². The normalized spacial score (nSPS) is 13.7. The zero-order valence-electron chi connectivity index (χ0n) is 10.6. The molecule has 2 amide bonds. The van der Waals surface area contributed by atoms with Crippen LogP contribution < -0.4 is 10.6 Å². The molecule has 0 aromatic rings. The molecule has 0 spiro atoms. The third-order valence-corrected chi connectivity index (χ3v) is 1.59. The molecule has 0 saturated heterocycles. The van der Waals surface area contributed by atoms with Crippen molar-refractivity contribution in [3.05, 3.63) is 0 Å². The Morgan fingerprint density at radius 1 is 1.22 bits per heavy atom. The average Bonchev–Trinajstić information content (AvgIpc) is 2.09. The predicted octanol–water partition coefficient (Wildman–Crippen LogP) is 1.58. The van der Waals surface area contributed by atoms with Gasteiger partial charge in [-0.1, -0.05) is 0 Å². The molecule has 0 aliphatic heterocycles. The zero-order chi connectivity index (χ0) is 14.6. The molecule has 0 bridgehead atoms. The van der Waals surface area contributed by atoms with Gasteiger partial charge in [0.2, 0.25) is 5.91 Å². The highest BCUT2D eigenvalue weighted by atomic mass is 19.4. The second kappa shape index (κ2) is 5.92. The number of ether oxygens (including phenoxy) is 1. The van der Waals surface area contributed by atoms with Crippen molar-refractivity contribution in [3.63, 3.8) is 0 Å². The molecule has 2 N–H and O–H groups in total. The SMILES string of the molecule is C[C@H](NC(=O)OC(C)(C)C)C(=O)NCC(F)(F)F. The maximum atomic E-state index is 11.8. The van der Waals surface area contributed by atoms with Gasteiger partial charge in [0.05, 0.1) is 0 Å². The molecular formula is C10H17F3N2O3. The van der Waals surface area contributed by atoms with Crippen LogP contribution in [0.5, 0.6) is 0 Å². The molecular weight excluding hydrogens is 253 g/mol. The number of alkyl halides is 3. The minimum Gasteiger partial charge on any atom is -0.444 e. The van der Waals surface area contributed by atoms with E-state index in [4.69, 9.17) is 4.74 Å². The summed E-state index contributed by atoms with van der Waals surface area (Å²) in [7, 11) is 0. The Hall–Kier alpha value is -1.47. The van der Waals surface area contributed by atoms with Crippen LogP contribution in [0.1, 0.15) is 27.7 Å². The van der Waals surface area contributed by atoms with E-state index in [1.54, 1.807) is 26.1 Å². The number of hydrogen-bond donors (Lipinski definition) is 2. The van der Waals surface area contributed by atoms with Gasteiger partial charge in [0.25, 0.3) is 0 Å². The molecule has 106 valence electrons. The Bertz CT molecular complexity index is 310. The summed E-state index contributed by atoms with van der Waals surface area (Å²) in [5, 5.41) is 3.79. The minimum atomic E-state index is -4.48. The highest BCUT2D eigenvalue weighted by Gasteiger charge is 2.29. The molecule has 0 radical (unpaired) electrons. The monoisotopic (exact) mass is 270 g/mol. The van der Waals surface area contributed by atoms with E-state index in [9.17, 15) is 22.8 Å². The Morgan fingerprint density at radius 2 is 1.72 bits per heavy atom. The smallest absolute Gasteiger partial charge is 0.408 e. The number of amides is 2. The lowest BCUT2D eigenvalue weighted by molar-refractivity contribution is -0.139. The topological polar surface area (TPSA) is 67.4 Å². The van der Waals surface area contributed by atoms with Crippen molar-refractivity contribution in [2.75, 3.05) is 6.54 Å². The van der Waals surface area contributed by atoms with Gasteiger partial charge in [0.15, 0.2) is 0 Å². The molecule has 0 aliphatic carbocycles. The van der Waals surface area contributed by atoms with Crippen LogP contribution in [0.3, 0.4) is 0 Å². The highest BCUT2D eigenvalue weighted by molar-refractivity contribution is 5.85. The van der Waals surface area contributed by atoms with Crippen molar-refractivity contribution in [1.29, 1.82) is 0 Å². The van der Waals surface area contributed by atoms with Gasteiger partial charge in [0.1, 0.15) is 18.2 Å². The number of alkyl carbamates (subject to hydrolysis) is 1. The fraction of sp³-hybridized carbons (Fsp3) is 0.800. The Kier molecular flexibility index (Phi) is 5.44. The van der Waals surface area contributed by atoms with Gasteiger partial charge in [-0.15, -0.1) is 0 Å². The van der Waals surface area contributed by atoms with Gasteiger partial charge in [-0.25, -0.2) is 4.79 Å². The largest absolute Gasteiger partial charge is 0.444 e. The summed E-state index contributed by atoms with van der Waals surface area (Å²) in [6.45, 7) is 4.70. The molecule has 0 saturated carbocycles. The van der Waals surface area contributed by atoms with Crippen molar-refractivity contribution in [2.24, 2.45) is 0 Å². The summed E-state index contributed by atoms with van der Waals surface area (Å²) < 4.78 is 40.4. The summed E-state index contributed by atoms with van der Waals surface area (Å²) in [4.78, 5) is 22.4. The number of carbonyl (C=O) groups excluding carboxylic acids is 2. The van der Waals surface area contributed by atoms with E-state index in [1.165, 1.54) is 6.92 Å². The molecule has 0 aliphatic rings. The first kappa shape index (κ1) is 16.5. The molecule has 0 aromatic carbocycles. The van der Waals surface area contributed by atoms with E-state index in [0.29, 0.717) is 0 Å². The maximum absolute atomic E-state index is 11.8. The van der Waals surface area contributed by atoms with Crippen molar-refractivity contribution >= 4 is 12.0 Å². The van der Waals surface area contributed by atoms with Crippen molar-refractivity contribution in [1.82, 2.24) is 10.6 Å². The first-order valence-corrected chi connectivity index (χ1v) is 5.25. The Labute approximate surface area is 103 Å². The van der Waals surface area contributed by atoms with Crippen LogP contribution >= 0.6 is 0 Å². The van der Waals surface area contributed by atoms with Crippen molar-refractivity contribution in [3.8, 4) is 0 Å². The zero-order valence-corrected chi connectivity index (χ0v) is 10.6. The standard InChI is InChI=1S/C10H17F3N2O3/c1-6(7(16)14-5-10(11,12)13)15-8(17)18-9(2,3)4/h6H,5H2,1-4H3,(H,14,16)(H,15,17)/t6-/m0/s1. The van der Waals surface area contributed by atoms with E-state index in [0.717, 1.165) is 0 Å². The lowest BCUT2D eigenvalue weighted by atomic mass is 10.2. The van der Waals surface area contributed by atoms with Gasteiger partial charge >= 0.3 is 12.3 Å². The van der Waals surface area contributed by atoms with Crippen LogP contribution in [-0.2, 0) is 9.53 Å². The molecule has 5 nitrogen and oxygen atoms in total. The van der Waals surface area contributed by atoms with E-state index in [1.807, 2.05) is 0 Å². The molecule has 0 unspecified atom stereocenters. The average molecular weight is 270 g/mol. The Morgan fingerprint density at radius 3 is 2.11 bits per heavy atom. The third-order valence-electron chi connectivity index (χ3n) is 1.59. The van der Waals surface area contributed by atoms with E-state index in [-0.39, 0.29) is 0 Å². The number of halogens is 3. The van der Waals surface area contributed by atoms with Crippen molar-refractivity contribution < 1.29 is 27.5 Å². The molecule has 0 fully saturated rings. The van der Waals surface area contributed by atoms with E-state index >= 15 is 0 Å². The Balaban J connectivity index is 4.13. The lowest BCUT2D eigenvalue weighted by Gasteiger charge is -2.21. The van der Waals surface area contributed by atoms with Gasteiger partial charge in [-0.3, -0.25) is 4.79 Å². The first-order chi connectivity index (χ1) is 7.91. The fourth-order valence-corrected chi connectivity index (χ4v) is 0.890. The summed E-state index contributed by atoms with van der Waals surface area (Å²) in [5.74, 6) is -0.932. The number of hydrogen-bond acceptors (Lipinski definition) is 3. The maximum Gasteiger partial charge on any atom is 0.408 e. The number of rotatable bonds is 3. The van der Waals surface area contributed by atoms with Crippen LogP contribution in [0.15, 0.2) is 0 Å². The number of carbonyl (C=O) groups is 2. The molecule has 0 heterocycles. The van der Waals surface area contributed by atoms with Crippen LogP contribution in [0.2, 0.25) is 0 Å². The van der Waals surface area contributed by atoms with Crippen molar-refractivity contribution in [2.45, 2.75) is 45.5 Å². The van der Waals surface area contributed by atoms with Crippen LogP contribution in [0.4, 0.5) is 18.0 Å². The minimum absolute atomic E-state index is 0.744. The molecule has 0 aromatic heterocycles. The highest BCUT2D eigenvalue weighted by Crippen LogP contribution is 2.12. The molecule has 1 atom stereocenters. The van der Waals surface area contributed by atoms with Gasteiger partial charge in [-0.2, -0.15) is 13.2 Å². The van der Waals surface area contributed by atoms with Gasteiger partial charge < -0.3 is 15.4 Å². The lowest BCUT2D eigenvalue weighted by Crippen LogP contribution is -2.48. The third kappa shape index (κ3) is 8.66. The van der Waals surface area contributed by atoms with E-state index < -0.39 is 36.4 Å². The molecule has 18 heavy (non-hydrogen) atoms. The molecule has 8 heteroatoms. The quantitative estimate of drug-likeness (QED) is 0.818. The summed E-state index contributed by atoms with van der Waals surface area (Å²) in [6.07, 6.45) is -5.35. The van der Waals surface area contributed by atoms with Crippen LogP contribution in [0, 0.1) is 0 Å². The summed E-state index contributed by atoms with van der Waals surface area (Å²) >= 11 is 0. The second-order valence-electron chi connectivity index (χ2n) is 4.70. The van der Waals surface area contributed by atoms with E-state index in [2.05, 4.69) is 5.32 Å². The van der Waals surface area contributed by atoms with Gasteiger partial charge in [0, 0.05) is 0 Å². The van der Waals surface area contributed by atoms with Gasteiger partial charge in [-0.05, 0) is 27.7 Å². The fourth-order valence-electron chi connectivity index (χ4n) is 0.890. The second-order valence-corrected chi connectivity index (χ2v) is 4.70. The number of nitrogens with one attached hydrogen (secondary N) is 2. The first-order valence-electron chi connectivity index (χ1n) is 5.25. The summed E-state index contributed by atoms with van der Waals surface area (Å²) in [6, 6.07) is -1.11. The molecule has 0 rings (SSSR count). The predicted molar refractivity (Wildman–Crippen MR) is 57.9 cm³/mol. The summed E-state index contributed by atoms with van der Waals surface area (Å²) in [5.41, 5.74) is -0.744. The van der Waals surface area contributed by atoms with Crippen LogP contribution in [-0.4, -0.2) is 36.4 Å².